The number of benzene rings is 3. The minimum Gasteiger partial charge on any atom is -0.488 e. The summed E-state index contributed by atoms with van der Waals surface area (Å²) in [4.78, 5) is 11.2. The fourth-order valence-corrected chi connectivity index (χ4v) is 3.90. The van der Waals surface area contributed by atoms with Gasteiger partial charge in [0.1, 0.15) is 12.4 Å². The van der Waals surface area contributed by atoms with Crippen LogP contribution in [-0.2, 0) is 17.6 Å². The molecule has 0 unspecified atom stereocenters. The number of hydrogen-bond acceptors (Lipinski definition) is 4. The maximum Gasteiger partial charge on any atom is 0.416 e. The number of rotatable bonds is 8. The first-order valence-corrected chi connectivity index (χ1v) is 10.3. The highest BCUT2D eigenvalue weighted by Crippen LogP contribution is 2.35. The third-order valence-corrected chi connectivity index (χ3v) is 5.65. The van der Waals surface area contributed by atoms with Gasteiger partial charge in [0.05, 0.1) is 16.6 Å². The van der Waals surface area contributed by atoms with Crippen molar-refractivity contribution in [2.45, 2.75) is 12.8 Å². The fraction of sp³-hybridized carbons (Fsp3) is 0.182. The smallest absolute Gasteiger partial charge is 0.416 e. The lowest BCUT2D eigenvalue weighted by Crippen LogP contribution is -2.28. The molecule has 31 heavy (non-hydrogen) atoms. The Bertz CT molecular complexity index is 1130. The van der Waals surface area contributed by atoms with Gasteiger partial charge in [-0.05, 0) is 56.7 Å². The number of fused-ring (bicyclic) bond motifs is 1. The molecule has 0 spiro atoms. The van der Waals surface area contributed by atoms with Gasteiger partial charge in [0.15, 0.2) is 0 Å². The summed E-state index contributed by atoms with van der Waals surface area (Å²) in [6.07, 6.45) is -4.41. The van der Waals surface area contributed by atoms with Crippen molar-refractivity contribution in [1.29, 1.82) is 0 Å². The van der Waals surface area contributed by atoms with Crippen LogP contribution in [0.2, 0.25) is 0 Å². The molecule has 9 heteroatoms. The van der Waals surface area contributed by atoms with Gasteiger partial charge in [-0.3, -0.25) is 4.79 Å². The molecule has 0 aliphatic carbocycles. The van der Waals surface area contributed by atoms with Crippen LogP contribution in [0.4, 0.5) is 13.2 Å². The van der Waals surface area contributed by atoms with Gasteiger partial charge in [-0.15, -0.1) is 0 Å². The Balaban J connectivity index is 1.80. The Morgan fingerprint density at radius 2 is 1.81 bits per heavy atom. The van der Waals surface area contributed by atoms with Gasteiger partial charge in [-0.25, -0.2) is 0 Å². The van der Waals surface area contributed by atoms with E-state index in [0.717, 1.165) is 28.5 Å². The molecular weight excluding hydrogens is 495 g/mol. The quantitative estimate of drug-likeness (QED) is 0.305. The predicted octanol–water partition coefficient (Wildman–Crippen LogP) is 5.59. The average Bonchev–Trinajstić information content (AvgIpc) is 2.72. The molecule has 162 valence electrons. The molecule has 0 aromatic heterocycles. The predicted molar refractivity (Wildman–Crippen MR) is 120 cm³/mol. The molecule has 0 bridgehead atoms. The summed E-state index contributed by atoms with van der Waals surface area (Å²) in [5.41, 5.74) is 0.470. The van der Waals surface area contributed by atoms with Crippen molar-refractivity contribution in [1.82, 2.24) is 5.32 Å². The van der Waals surface area contributed by atoms with E-state index in [4.69, 9.17) is 22.1 Å². The van der Waals surface area contributed by atoms with Crippen LogP contribution in [0.3, 0.4) is 0 Å². The van der Waals surface area contributed by atoms with Crippen molar-refractivity contribution in [2.24, 2.45) is 0 Å². The van der Waals surface area contributed by atoms with Crippen LogP contribution in [0.25, 0.3) is 10.8 Å². The topological polar surface area (TPSA) is 58.6 Å². The number of hydrogen-bond donors (Lipinski definition) is 2. The third-order valence-electron chi connectivity index (χ3n) is 4.47. The lowest BCUT2D eigenvalue weighted by molar-refractivity contribution is -0.138. The molecule has 0 aliphatic rings. The van der Waals surface area contributed by atoms with Crippen LogP contribution >= 0.6 is 28.1 Å². The maximum absolute atomic E-state index is 12.9. The minimum absolute atomic E-state index is 0.0226. The highest BCUT2D eigenvalue weighted by Gasteiger charge is 2.30. The van der Waals surface area contributed by atoms with Crippen molar-refractivity contribution in [3.8, 4) is 5.75 Å². The minimum atomic E-state index is -4.41. The molecule has 3 aromatic carbocycles. The van der Waals surface area contributed by atoms with Gasteiger partial charge in [0, 0.05) is 16.8 Å². The molecule has 0 saturated carbocycles. The second-order valence-corrected chi connectivity index (χ2v) is 7.97. The number of thiocarbonyl (C=S) groups is 1. The first-order chi connectivity index (χ1) is 14.7. The van der Waals surface area contributed by atoms with Crippen molar-refractivity contribution in [3.63, 3.8) is 0 Å². The fourth-order valence-electron chi connectivity index (χ4n) is 3.03. The molecule has 3 rings (SSSR count). The number of ether oxygens (including phenoxy) is 1. The molecule has 2 N–H and O–H groups in total. The number of nitrogens with one attached hydrogen (secondary N) is 1. The molecule has 0 atom stereocenters. The highest BCUT2D eigenvalue weighted by molar-refractivity contribution is 9.10. The Morgan fingerprint density at radius 1 is 1.06 bits per heavy atom. The third kappa shape index (κ3) is 5.81. The Labute approximate surface area is 190 Å². The van der Waals surface area contributed by atoms with Gasteiger partial charge in [0.2, 0.25) is 0 Å². The van der Waals surface area contributed by atoms with Crippen molar-refractivity contribution in [3.05, 3.63) is 75.8 Å². The summed E-state index contributed by atoms with van der Waals surface area (Å²) in [5.74, 6) is -0.483. The Morgan fingerprint density at radius 3 is 2.52 bits per heavy atom. The van der Waals surface area contributed by atoms with Crippen LogP contribution in [0, 0.1) is 0 Å². The Hall–Kier alpha value is -2.49. The van der Waals surface area contributed by atoms with Crippen LogP contribution < -0.4 is 10.1 Å². The molecule has 0 fully saturated rings. The first-order valence-electron chi connectivity index (χ1n) is 9.12. The molecule has 3 aromatic rings. The SMILES string of the molecule is O=C(O)CNCC(=S)c1cccc2c(Br)c(OCc3cccc(C(F)(F)F)c3)ccc12. The lowest BCUT2D eigenvalue weighted by Gasteiger charge is -2.14. The summed E-state index contributed by atoms with van der Waals surface area (Å²) in [6.45, 7) is 0.0273. The van der Waals surface area contributed by atoms with E-state index in [0.29, 0.717) is 20.7 Å². The van der Waals surface area contributed by atoms with Crippen LogP contribution in [0.5, 0.6) is 5.75 Å². The average molecular weight is 512 g/mol. The van der Waals surface area contributed by atoms with E-state index in [1.54, 1.807) is 12.1 Å². The van der Waals surface area contributed by atoms with Gasteiger partial charge in [-0.1, -0.05) is 42.5 Å². The number of aliphatic carboxylic acids is 1. The zero-order chi connectivity index (χ0) is 22.6. The molecule has 0 aliphatic heterocycles. The number of carbonyl (C=O) groups is 1. The second kappa shape index (κ2) is 9.76. The number of carboxylic acid groups (broad SMARTS) is 1. The first kappa shape index (κ1) is 23.2. The molecular formula is C22H17BrF3NO3S. The van der Waals surface area contributed by atoms with Crippen molar-refractivity contribution < 1.29 is 27.8 Å². The normalized spacial score (nSPS) is 11.5. The van der Waals surface area contributed by atoms with E-state index < -0.39 is 17.7 Å². The van der Waals surface area contributed by atoms with E-state index in [1.165, 1.54) is 6.07 Å². The summed E-state index contributed by atoms with van der Waals surface area (Å²) in [6, 6.07) is 14.1. The van der Waals surface area contributed by atoms with Crippen molar-refractivity contribution in [2.75, 3.05) is 13.1 Å². The standard InChI is InChI=1S/C22H17BrF3NO3S/c23-21-17-6-2-5-16(19(31)10-27-11-20(28)29)15(17)7-8-18(21)30-12-13-3-1-4-14(9-13)22(24,25)26/h1-9,27H,10-12H2,(H,28,29). The van der Waals surface area contributed by atoms with E-state index in [9.17, 15) is 18.0 Å². The largest absolute Gasteiger partial charge is 0.488 e. The van der Waals surface area contributed by atoms with E-state index in [2.05, 4.69) is 21.2 Å². The molecule has 0 radical (unpaired) electrons. The summed E-state index contributed by atoms with van der Waals surface area (Å²) in [7, 11) is 0. The van der Waals surface area contributed by atoms with Crippen LogP contribution in [0.1, 0.15) is 16.7 Å². The zero-order valence-electron chi connectivity index (χ0n) is 16.0. The summed E-state index contributed by atoms with van der Waals surface area (Å²) >= 11 is 8.95. The Kier molecular flexibility index (Phi) is 7.30. The highest BCUT2D eigenvalue weighted by atomic mass is 79.9. The number of alkyl halides is 3. The summed E-state index contributed by atoms with van der Waals surface area (Å²) in [5, 5.41) is 13.2. The van der Waals surface area contributed by atoms with Gasteiger partial charge < -0.3 is 15.2 Å². The van der Waals surface area contributed by atoms with E-state index in [1.807, 2.05) is 24.3 Å². The molecule has 0 saturated heterocycles. The number of carboxylic acids is 1. The lowest BCUT2D eigenvalue weighted by atomic mass is 10.0. The molecule has 4 nitrogen and oxygen atoms in total. The van der Waals surface area contributed by atoms with Gasteiger partial charge >= 0.3 is 12.1 Å². The zero-order valence-corrected chi connectivity index (χ0v) is 18.4. The maximum atomic E-state index is 12.9. The van der Waals surface area contributed by atoms with Crippen LogP contribution in [0.15, 0.2) is 59.1 Å². The molecule has 0 amide bonds. The van der Waals surface area contributed by atoms with Crippen LogP contribution in [-0.4, -0.2) is 29.0 Å². The van der Waals surface area contributed by atoms with Gasteiger partial charge in [0.25, 0.3) is 0 Å². The van der Waals surface area contributed by atoms with Crippen molar-refractivity contribution >= 4 is 49.8 Å². The second-order valence-electron chi connectivity index (χ2n) is 6.69. The monoisotopic (exact) mass is 511 g/mol. The van der Waals surface area contributed by atoms with Gasteiger partial charge in [-0.2, -0.15) is 13.2 Å². The van der Waals surface area contributed by atoms with E-state index >= 15 is 0 Å². The number of halogens is 4. The van der Waals surface area contributed by atoms with E-state index in [-0.39, 0.29) is 19.7 Å². The summed E-state index contributed by atoms with van der Waals surface area (Å²) < 4.78 is 45.1. The molecule has 0 heterocycles.